The van der Waals surface area contributed by atoms with Gasteiger partial charge >= 0.3 is 0 Å². The van der Waals surface area contributed by atoms with E-state index in [1.807, 2.05) is 36.0 Å². The molecule has 0 radical (unpaired) electrons. The maximum Gasteiger partial charge on any atom is 0.257 e. The molecule has 2 heterocycles. The van der Waals surface area contributed by atoms with Crippen molar-refractivity contribution in [2.45, 2.75) is 0 Å². The fourth-order valence-electron chi connectivity index (χ4n) is 2.98. The molecular formula is C20H19N5O2S2. The van der Waals surface area contributed by atoms with Crippen molar-refractivity contribution in [1.29, 1.82) is 0 Å². The lowest BCUT2D eigenvalue weighted by Crippen LogP contribution is -2.32. The Labute approximate surface area is 176 Å². The molecule has 0 unspecified atom stereocenters. The Morgan fingerprint density at radius 1 is 0.966 bits per heavy atom. The van der Waals surface area contributed by atoms with Gasteiger partial charge in [-0.05, 0) is 35.4 Å². The molecule has 2 amide bonds. The van der Waals surface area contributed by atoms with Crippen LogP contribution in [0.15, 0.2) is 48.5 Å². The molecule has 0 bridgehead atoms. The van der Waals surface area contributed by atoms with E-state index in [9.17, 15) is 9.59 Å². The maximum absolute atomic E-state index is 12.7. The monoisotopic (exact) mass is 425 g/mol. The molecule has 1 aromatic heterocycles. The van der Waals surface area contributed by atoms with Crippen LogP contribution in [0.5, 0.6) is 0 Å². The number of primary amides is 1. The second-order valence-electron chi connectivity index (χ2n) is 6.47. The van der Waals surface area contributed by atoms with Crippen molar-refractivity contribution in [3.63, 3.8) is 0 Å². The molecule has 1 aliphatic heterocycles. The van der Waals surface area contributed by atoms with Crippen LogP contribution in [0.4, 0.5) is 10.3 Å². The fraction of sp³-hybridized carbons (Fsp3) is 0.200. The summed E-state index contributed by atoms with van der Waals surface area (Å²) < 4.78 is 0. The Hall–Kier alpha value is -2.91. The third-order valence-corrected chi connectivity index (χ3v) is 6.39. The first kappa shape index (κ1) is 19.4. The van der Waals surface area contributed by atoms with Crippen molar-refractivity contribution >= 4 is 45.2 Å². The fourth-order valence-corrected chi connectivity index (χ4v) is 4.68. The molecule has 0 saturated carbocycles. The van der Waals surface area contributed by atoms with Gasteiger partial charge in [-0.1, -0.05) is 35.6 Å². The molecule has 29 heavy (non-hydrogen) atoms. The molecule has 3 N–H and O–H groups in total. The second kappa shape index (κ2) is 8.62. The lowest BCUT2D eigenvalue weighted by Gasteiger charge is -2.24. The van der Waals surface area contributed by atoms with Crippen LogP contribution in [-0.4, -0.2) is 46.6 Å². The highest BCUT2D eigenvalue weighted by atomic mass is 32.2. The van der Waals surface area contributed by atoms with Crippen LogP contribution in [0.1, 0.15) is 20.7 Å². The number of amides is 2. The molecule has 148 valence electrons. The number of nitrogens with two attached hydrogens (primary N) is 1. The third-order valence-electron chi connectivity index (χ3n) is 4.54. The van der Waals surface area contributed by atoms with Gasteiger partial charge in [0.15, 0.2) is 0 Å². The quantitative estimate of drug-likeness (QED) is 0.651. The number of aromatic nitrogens is 2. The first-order valence-electron chi connectivity index (χ1n) is 9.08. The number of hydrogen-bond acceptors (Lipinski definition) is 7. The Balaban J connectivity index is 1.47. The number of carbonyl (C=O) groups excluding carboxylic acids is 2. The highest BCUT2D eigenvalue weighted by Gasteiger charge is 2.17. The Bertz CT molecular complexity index is 1030. The summed E-state index contributed by atoms with van der Waals surface area (Å²) in [6, 6.07) is 14.3. The summed E-state index contributed by atoms with van der Waals surface area (Å²) in [7, 11) is 0. The zero-order valence-corrected chi connectivity index (χ0v) is 17.1. The highest BCUT2D eigenvalue weighted by molar-refractivity contribution is 7.99. The maximum atomic E-state index is 12.7. The van der Waals surface area contributed by atoms with E-state index in [1.54, 1.807) is 24.3 Å². The molecule has 3 aromatic rings. The van der Waals surface area contributed by atoms with Crippen LogP contribution in [0.3, 0.4) is 0 Å². The van der Waals surface area contributed by atoms with Crippen molar-refractivity contribution in [1.82, 2.24) is 10.2 Å². The third kappa shape index (κ3) is 4.57. The first-order chi connectivity index (χ1) is 14.1. The molecule has 0 atom stereocenters. The Morgan fingerprint density at radius 3 is 2.45 bits per heavy atom. The average molecular weight is 426 g/mol. The van der Waals surface area contributed by atoms with E-state index >= 15 is 0 Å². The van der Waals surface area contributed by atoms with Crippen molar-refractivity contribution < 1.29 is 9.59 Å². The molecule has 7 nitrogen and oxygen atoms in total. The summed E-state index contributed by atoms with van der Waals surface area (Å²) in [5, 5.41) is 12.5. The van der Waals surface area contributed by atoms with E-state index in [2.05, 4.69) is 20.4 Å². The smallest absolute Gasteiger partial charge is 0.257 e. The molecule has 1 saturated heterocycles. The van der Waals surface area contributed by atoms with Crippen molar-refractivity contribution in [3.05, 3.63) is 59.7 Å². The van der Waals surface area contributed by atoms with E-state index in [0.29, 0.717) is 16.3 Å². The highest BCUT2D eigenvalue weighted by Crippen LogP contribution is 2.27. The van der Waals surface area contributed by atoms with E-state index in [4.69, 9.17) is 5.73 Å². The number of thioether (sulfide) groups is 1. The molecule has 0 aliphatic carbocycles. The topological polar surface area (TPSA) is 101 Å². The number of anilines is 2. The number of carbonyl (C=O) groups is 2. The van der Waals surface area contributed by atoms with Gasteiger partial charge in [0.05, 0.1) is 0 Å². The van der Waals surface area contributed by atoms with Gasteiger partial charge < -0.3 is 10.6 Å². The zero-order chi connectivity index (χ0) is 20.2. The number of benzene rings is 2. The normalized spacial score (nSPS) is 13.9. The first-order valence-corrected chi connectivity index (χ1v) is 11.0. The zero-order valence-electron chi connectivity index (χ0n) is 15.5. The van der Waals surface area contributed by atoms with Gasteiger partial charge in [0.1, 0.15) is 0 Å². The Morgan fingerprint density at radius 2 is 1.72 bits per heavy atom. The van der Waals surface area contributed by atoms with Crippen LogP contribution in [0.25, 0.3) is 11.1 Å². The summed E-state index contributed by atoms with van der Waals surface area (Å²) in [6.07, 6.45) is 0. The molecule has 4 rings (SSSR count). The van der Waals surface area contributed by atoms with Crippen LogP contribution in [0, 0.1) is 0 Å². The summed E-state index contributed by atoms with van der Waals surface area (Å²) in [6.45, 7) is 1.90. The summed E-state index contributed by atoms with van der Waals surface area (Å²) >= 11 is 3.32. The summed E-state index contributed by atoms with van der Waals surface area (Å²) in [5.41, 5.74) is 8.02. The number of rotatable bonds is 5. The number of hydrogen-bond donors (Lipinski definition) is 2. The van der Waals surface area contributed by atoms with Crippen molar-refractivity contribution in [2.75, 3.05) is 34.8 Å². The van der Waals surface area contributed by atoms with Gasteiger partial charge in [0, 0.05) is 35.7 Å². The lowest BCUT2D eigenvalue weighted by atomic mass is 10.0. The van der Waals surface area contributed by atoms with Crippen molar-refractivity contribution in [3.8, 4) is 11.1 Å². The van der Waals surface area contributed by atoms with E-state index in [1.165, 1.54) is 11.3 Å². The second-order valence-corrected chi connectivity index (χ2v) is 8.65. The van der Waals surface area contributed by atoms with Gasteiger partial charge in [-0.2, -0.15) is 11.8 Å². The van der Waals surface area contributed by atoms with Crippen LogP contribution < -0.4 is 16.0 Å². The van der Waals surface area contributed by atoms with Gasteiger partial charge in [0.25, 0.3) is 5.91 Å². The molecule has 1 aliphatic rings. The van der Waals surface area contributed by atoms with Gasteiger partial charge in [-0.3, -0.25) is 14.9 Å². The predicted octanol–water partition coefficient (Wildman–Crippen LogP) is 3.11. The molecule has 0 spiro atoms. The standard InChI is InChI=1S/C20H19N5O2S2/c21-17(26)14-6-4-13(5-7-14)15-2-1-3-16(12-15)18(27)22-19-23-24-20(29-19)25-8-10-28-11-9-25/h1-7,12H,8-11H2,(H2,21,26)(H,22,23,27). The van der Waals surface area contributed by atoms with E-state index in [-0.39, 0.29) is 5.91 Å². The Kier molecular flexibility index (Phi) is 5.77. The van der Waals surface area contributed by atoms with E-state index in [0.717, 1.165) is 40.9 Å². The SMILES string of the molecule is NC(=O)c1ccc(-c2cccc(C(=O)Nc3nnc(N4CCSCC4)s3)c2)cc1. The lowest BCUT2D eigenvalue weighted by molar-refractivity contribution is 0.0997. The summed E-state index contributed by atoms with van der Waals surface area (Å²) in [4.78, 5) is 26.1. The average Bonchev–Trinajstić information content (AvgIpc) is 3.23. The van der Waals surface area contributed by atoms with E-state index < -0.39 is 5.91 Å². The minimum Gasteiger partial charge on any atom is -0.366 e. The predicted molar refractivity (Wildman–Crippen MR) is 118 cm³/mol. The largest absolute Gasteiger partial charge is 0.366 e. The van der Waals surface area contributed by atoms with Gasteiger partial charge in [0.2, 0.25) is 16.2 Å². The van der Waals surface area contributed by atoms with Crippen LogP contribution in [0.2, 0.25) is 0 Å². The van der Waals surface area contributed by atoms with Crippen LogP contribution >= 0.6 is 23.1 Å². The molecule has 2 aromatic carbocycles. The molecular weight excluding hydrogens is 406 g/mol. The molecule has 1 fully saturated rings. The minimum atomic E-state index is -0.468. The number of nitrogens with zero attached hydrogens (tertiary/aromatic N) is 3. The minimum absolute atomic E-state index is 0.238. The molecule has 9 heteroatoms. The van der Waals surface area contributed by atoms with Gasteiger partial charge in [-0.25, -0.2) is 0 Å². The van der Waals surface area contributed by atoms with Gasteiger partial charge in [-0.15, -0.1) is 10.2 Å². The number of nitrogens with one attached hydrogen (secondary N) is 1. The van der Waals surface area contributed by atoms with Crippen molar-refractivity contribution in [2.24, 2.45) is 5.73 Å². The summed E-state index contributed by atoms with van der Waals surface area (Å²) in [5.74, 6) is 1.45. The van der Waals surface area contributed by atoms with Crippen LogP contribution in [-0.2, 0) is 0 Å².